The van der Waals surface area contributed by atoms with Crippen LogP contribution in [-0.2, 0) is 16.1 Å². The molecule has 1 N–H and O–H groups in total. The quantitative estimate of drug-likeness (QED) is 0.523. The Labute approximate surface area is 198 Å². The predicted molar refractivity (Wildman–Crippen MR) is 131 cm³/mol. The third-order valence-corrected chi connectivity index (χ3v) is 5.80. The molecule has 1 atom stereocenters. The number of aryl methyl sites for hydroxylation is 2. The largest absolute Gasteiger partial charge is 0.497 e. The van der Waals surface area contributed by atoms with Crippen LogP contribution in [0.2, 0.25) is 0 Å². The highest BCUT2D eigenvalue weighted by Gasteiger charge is 2.46. The number of anilines is 2. The number of nitrogens with zero attached hydrogens (tertiary/aromatic N) is 2. The average Bonchev–Trinajstić information content (AvgIpc) is 3.04. The third-order valence-electron chi connectivity index (χ3n) is 5.80. The standard InChI is InChI=1S/C27H27N3O4/c1-18-7-9-20(10-8-18)17-29-24(16-25(31)28-21-11-13-23(34-3)14-12-21)26(32)30(27(29)33)22-6-4-5-19(2)15-22/h4-15,24H,16-17H2,1-3H3,(H,28,31)/t24-/m1/s1. The zero-order chi connectivity index (χ0) is 24.2. The van der Waals surface area contributed by atoms with E-state index in [2.05, 4.69) is 5.32 Å². The number of carbonyl (C=O) groups is 3. The highest BCUT2D eigenvalue weighted by atomic mass is 16.5. The Bertz CT molecular complexity index is 1210. The molecule has 7 heteroatoms. The number of carbonyl (C=O) groups excluding carboxylic acids is 3. The van der Waals surface area contributed by atoms with E-state index in [4.69, 9.17) is 4.74 Å². The van der Waals surface area contributed by atoms with E-state index in [0.717, 1.165) is 16.7 Å². The summed E-state index contributed by atoms with van der Waals surface area (Å²) in [5, 5.41) is 2.81. The van der Waals surface area contributed by atoms with Gasteiger partial charge in [-0.1, -0.05) is 42.0 Å². The second kappa shape index (κ2) is 9.79. The summed E-state index contributed by atoms with van der Waals surface area (Å²) in [4.78, 5) is 42.3. The van der Waals surface area contributed by atoms with Crippen LogP contribution in [-0.4, -0.2) is 35.9 Å². The van der Waals surface area contributed by atoms with Gasteiger partial charge in [0.15, 0.2) is 0 Å². The van der Waals surface area contributed by atoms with Gasteiger partial charge in [0, 0.05) is 12.2 Å². The van der Waals surface area contributed by atoms with E-state index in [0.29, 0.717) is 17.1 Å². The fraction of sp³-hybridized carbons (Fsp3) is 0.222. The van der Waals surface area contributed by atoms with Gasteiger partial charge < -0.3 is 15.0 Å². The molecule has 0 aliphatic carbocycles. The van der Waals surface area contributed by atoms with Gasteiger partial charge >= 0.3 is 6.03 Å². The molecular weight excluding hydrogens is 430 g/mol. The van der Waals surface area contributed by atoms with E-state index in [-0.39, 0.29) is 18.9 Å². The molecule has 1 aliphatic rings. The first-order valence-corrected chi connectivity index (χ1v) is 11.1. The van der Waals surface area contributed by atoms with Gasteiger partial charge in [0.1, 0.15) is 11.8 Å². The molecule has 0 saturated carbocycles. The minimum Gasteiger partial charge on any atom is -0.497 e. The number of imide groups is 1. The normalized spacial score (nSPS) is 15.6. The summed E-state index contributed by atoms with van der Waals surface area (Å²) < 4.78 is 5.14. The molecule has 34 heavy (non-hydrogen) atoms. The van der Waals surface area contributed by atoms with Crippen LogP contribution < -0.4 is 15.0 Å². The van der Waals surface area contributed by atoms with Gasteiger partial charge in [-0.3, -0.25) is 9.59 Å². The zero-order valence-electron chi connectivity index (χ0n) is 19.4. The number of urea groups is 1. The van der Waals surface area contributed by atoms with E-state index >= 15 is 0 Å². The molecule has 0 aromatic heterocycles. The van der Waals surface area contributed by atoms with Crippen molar-refractivity contribution in [1.82, 2.24) is 4.90 Å². The Morgan fingerprint density at radius 2 is 1.65 bits per heavy atom. The van der Waals surface area contributed by atoms with E-state index < -0.39 is 18.0 Å². The van der Waals surface area contributed by atoms with Crippen molar-refractivity contribution in [2.45, 2.75) is 32.9 Å². The van der Waals surface area contributed by atoms with Crippen LogP contribution in [0.25, 0.3) is 0 Å². The van der Waals surface area contributed by atoms with Crippen LogP contribution in [0.3, 0.4) is 0 Å². The SMILES string of the molecule is COc1ccc(NC(=O)C[C@@H]2C(=O)N(c3cccc(C)c3)C(=O)N2Cc2ccc(C)cc2)cc1. The lowest BCUT2D eigenvalue weighted by Gasteiger charge is -2.22. The zero-order valence-corrected chi connectivity index (χ0v) is 19.4. The van der Waals surface area contributed by atoms with Crippen molar-refractivity contribution in [3.63, 3.8) is 0 Å². The molecule has 0 bridgehead atoms. The summed E-state index contributed by atoms with van der Waals surface area (Å²) in [5.41, 5.74) is 4.01. The number of benzene rings is 3. The second-order valence-electron chi connectivity index (χ2n) is 8.41. The number of methoxy groups -OCH3 is 1. The molecule has 0 radical (unpaired) electrons. The maximum Gasteiger partial charge on any atom is 0.332 e. The van der Waals surface area contributed by atoms with E-state index in [1.54, 1.807) is 49.6 Å². The predicted octanol–water partition coefficient (Wildman–Crippen LogP) is 4.68. The molecule has 0 spiro atoms. The van der Waals surface area contributed by atoms with Crippen LogP contribution >= 0.6 is 0 Å². The molecule has 1 aliphatic heterocycles. The van der Waals surface area contributed by atoms with Crippen molar-refractivity contribution in [2.24, 2.45) is 0 Å². The molecule has 1 fully saturated rings. The lowest BCUT2D eigenvalue weighted by molar-refractivity contribution is -0.124. The minimum absolute atomic E-state index is 0.148. The molecule has 4 amide bonds. The van der Waals surface area contributed by atoms with Gasteiger partial charge in [-0.25, -0.2) is 9.69 Å². The Kier molecular flexibility index (Phi) is 6.63. The van der Waals surface area contributed by atoms with Gasteiger partial charge in [-0.2, -0.15) is 0 Å². The second-order valence-corrected chi connectivity index (χ2v) is 8.41. The number of amides is 4. The summed E-state index contributed by atoms with van der Waals surface area (Å²) in [6, 6.07) is 20.6. The maximum absolute atomic E-state index is 13.4. The first-order valence-electron chi connectivity index (χ1n) is 11.1. The van der Waals surface area contributed by atoms with E-state index in [1.165, 1.54) is 9.80 Å². The summed E-state index contributed by atoms with van der Waals surface area (Å²) in [6.07, 6.45) is -0.148. The summed E-state index contributed by atoms with van der Waals surface area (Å²) in [6.45, 7) is 4.12. The van der Waals surface area contributed by atoms with Crippen molar-refractivity contribution in [3.8, 4) is 5.75 Å². The number of hydrogen-bond donors (Lipinski definition) is 1. The van der Waals surface area contributed by atoms with Crippen molar-refractivity contribution in [1.29, 1.82) is 0 Å². The van der Waals surface area contributed by atoms with Gasteiger partial charge in [0.2, 0.25) is 5.91 Å². The van der Waals surface area contributed by atoms with Crippen molar-refractivity contribution in [3.05, 3.63) is 89.5 Å². The fourth-order valence-corrected chi connectivity index (χ4v) is 3.97. The van der Waals surface area contributed by atoms with Crippen molar-refractivity contribution < 1.29 is 19.1 Å². The van der Waals surface area contributed by atoms with E-state index in [1.807, 2.05) is 44.2 Å². The molecule has 0 unspecified atom stereocenters. The summed E-state index contributed by atoms with van der Waals surface area (Å²) >= 11 is 0. The van der Waals surface area contributed by atoms with Crippen LogP contribution in [0.15, 0.2) is 72.8 Å². The van der Waals surface area contributed by atoms with Gasteiger partial charge in [0.05, 0.1) is 19.2 Å². The Morgan fingerprint density at radius 1 is 0.941 bits per heavy atom. The van der Waals surface area contributed by atoms with Crippen molar-refractivity contribution >= 4 is 29.2 Å². The van der Waals surface area contributed by atoms with Gasteiger partial charge in [0.25, 0.3) is 5.91 Å². The van der Waals surface area contributed by atoms with Crippen LogP contribution in [0.1, 0.15) is 23.1 Å². The number of ether oxygens (including phenoxy) is 1. The molecule has 7 nitrogen and oxygen atoms in total. The average molecular weight is 458 g/mol. The van der Waals surface area contributed by atoms with Gasteiger partial charge in [-0.05, 0) is 61.4 Å². The molecule has 3 aromatic rings. The Morgan fingerprint density at radius 3 is 2.29 bits per heavy atom. The lowest BCUT2D eigenvalue weighted by atomic mass is 10.1. The Hall–Kier alpha value is -4.13. The number of rotatable bonds is 7. The Balaban J connectivity index is 1.59. The van der Waals surface area contributed by atoms with Gasteiger partial charge in [-0.15, -0.1) is 0 Å². The summed E-state index contributed by atoms with van der Waals surface area (Å²) in [5.74, 6) is -0.0865. The fourth-order valence-electron chi connectivity index (χ4n) is 3.97. The molecule has 174 valence electrons. The first-order chi connectivity index (χ1) is 16.4. The molecule has 1 heterocycles. The molecular formula is C27H27N3O4. The number of hydrogen-bond acceptors (Lipinski definition) is 4. The lowest BCUT2D eigenvalue weighted by Crippen LogP contribution is -2.37. The summed E-state index contributed by atoms with van der Waals surface area (Å²) in [7, 11) is 1.57. The number of nitrogens with one attached hydrogen (secondary N) is 1. The smallest absolute Gasteiger partial charge is 0.332 e. The molecule has 4 rings (SSSR count). The molecule has 1 saturated heterocycles. The maximum atomic E-state index is 13.4. The highest BCUT2D eigenvalue weighted by molar-refractivity contribution is 6.22. The van der Waals surface area contributed by atoms with Crippen LogP contribution in [0.5, 0.6) is 5.75 Å². The monoisotopic (exact) mass is 457 g/mol. The van der Waals surface area contributed by atoms with Crippen LogP contribution in [0, 0.1) is 13.8 Å². The topological polar surface area (TPSA) is 79.0 Å². The third kappa shape index (κ3) is 4.93. The van der Waals surface area contributed by atoms with E-state index in [9.17, 15) is 14.4 Å². The minimum atomic E-state index is -0.910. The van der Waals surface area contributed by atoms with Crippen molar-refractivity contribution in [2.75, 3.05) is 17.3 Å². The van der Waals surface area contributed by atoms with Crippen LogP contribution in [0.4, 0.5) is 16.2 Å². The highest BCUT2D eigenvalue weighted by Crippen LogP contribution is 2.29. The first kappa shape index (κ1) is 23.0. The molecule has 3 aromatic carbocycles.